The molecule has 0 aliphatic carbocycles. The molecule has 3 N–H and O–H groups in total. The van der Waals surface area contributed by atoms with Gasteiger partial charge in [0.25, 0.3) is 5.91 Å². The molecule has 4 heteroatoms. The Morgan fingerprint density at radius 3 is 2.60 bits per heavy atom. The number of benzene rings is 1. The first-order valence-corrected chi connectivity index (χ1v) is 7.41. The number of amides is 1. The van der Waals surface area contributed by atoms with Gasteiger partial charge in [-0.15, -0.1) is 0 Å². The minimum absolute atomic E-state index is 0.0128. The number of nitrogens with one attached hydrogen (secondary N) is 2. The van der Waals surface area contributed by atoms with Crippen LogP contribution in [0.1, 0.15) is 41.6 Å². The van der Waals surface area contributed by atoms with Crippen LogP contribution in [0.5, 0.6) is 0 Å². The molecule has 0 saturated heterocycles. The second kappa shape index (κ2) is 10.4. The first-order valence-electron chi connectivity index (χ1n) is 7.41. The molecule has 0 aliphatic heterocycles. The quantitative estimate of drug-likeness (QED) is 0.571. The van der Waals surface area contributed by atoms with E-state index in [0.717, 1.165) is 49.8 Å². The summed E-state index contributed by atoms with van der Waals surface area (Å²) in [5.74, 6) is 0.0128. The lowest BCUT2D eigenvalue weighted by molar-refractivity contribution is 0.0952. The van der Waals surface area contributed by atoms with Crippen LogP contribution in [0.3, 0.4) is 0 Å². The highest BCUT2D eigenvalue weighted by Gasteiger charge is 2.09. The Labute approximate surface area is 121 Å². The van der Waals surface area contributed by atoms with E-state index in [1.807, 2.05) is 31.3 Å². The van der Waals surface area contributed by atoms with Crippen molar-refractivity contribution in [1.82, 2.24) is 10.6 Å². The largest absolute Gasteiger partial charge is 0.396 e. The van der Waals surface area contributed by atoms with Crippen LogP contribution in [-0.4, -0.2) is 37.8 Å². The fourth-order valence-electron chi connectivity index (χ4n) is 2.11. The number of likely N-dealkylation sites (N-methyl/N-ethyl adjacent to an activating group) is 1. The molecule has 0 aromatic heterocycles. The highest BCUT2D eigenvalue weighted by Crippen LogP contribution is 2.09. The number of aliphatic hydroxyl groups excluding tert-OH is 1. The van der Waals surface area contributed by atoms with Gasteiger partial charge in [0.15, 0.2) is 0 Å². The van der Waals surface area contributed by atoms with Crippen molar-refractivity contribution in [1.29, 1.82) is 0 Å². The van der Waals surface area contributed by atoms with Crippen LogP contribution >= 0.6 is 0 Å². The third-order valence-corrected chi connectivity index (χ3v) is 3.28. The molecule has 1 aromatic rings. The zero-order valence-corrected chi connectivity index (χ0v) is 12.3. The maximum Gasteiger partial charge on any atom is 0.251 e. The molecule has 4 nitrogen and oxygen atoms in total. The van der Waals surface area contributed by atoms with Crippen molar-refractivity contribution in [2.24, 2.45) is 0 Å². The van der Waals surface area contributed by atoms with Crippen molar-refractivity contribution in [2.45, 2.75) is 32.1 Å². The Kier molecular flexibility index (Phi) is 8.67. The second-order valence-electron chi connectivity index (χ2n) is 4.90. The van der Waals surface area contributed by atoms with E-state index in [4.69, 9.17) is 5.11 Å². The number of hydrogen-bond donors (Lipinski definition) is 3. The van der Waals surface area contributed by atoms with Gasteiger partial charge in [-0.1, -0.05) is 31.0 Å². The lowest BCUT2D eigenvalue weighted by Gasteiger charge is -2.10. The standard InChI is InChI=1S/C16H26N2O2/c1-17-12-10-14-8-4-5-9-15(14)16(20)18-11-6-2-3-7-13-19/h4-5,8-9,17,19H,2-3,6-7,10-13H2,1H3,(H,18,20). The van der Waals surface area contributed by atoms with Crippen molar-refractivity contribution in [3.63, 3.8) is 0 Å². The molecule has 0 radical (unpaired) electrons. The lowest BCUT2D eigenvalue weighted by Crippen LogP contribution is -2.26. The van der Waals surface area contributed by atoms with E-state index >= 15 is 0 Å². The molecule has 0 aliphatic rings. The molecule has 1 rings (SSSR count). The molecule has 0 atom stereocenters. The summed E-state index contributed by atoms with van der Waals surface area (Å²) in [6.45, 7) is 1.82. The molecular weight excluding hydrogens is 252 g/mol. The summed E-state index contributed by atoms with van der Waals surface area (Å²) in [6, 6.07) is 7.76. The minimum atomic E-state index is 0.0128. The number of unbranched alkanes of at least 4 members (excludes halogenated alkanes) is 3. The number of carbonyl (C=O) groups is 1. The molecule has 0 heterocycles. The van der Waals surface area contributed by atoms with Crippen molar-refractivity contribution in [2.75, 3.05) is 26.7 Å². The molecule has 0 fully saturated rings. The zero-order valence-electron chi connectivity index (χ0n) is 12.3. The molecular formula is C16H26N2O2. The average Bonchev–Trinajstić information content (AvgIpc) is 2.48. The van der Waals surface area contributed by atoms with Crippen LogP contribution in [0.15, 0.2) is 24.3 Å². The average molecular weight is 278 g/mol. The number of hydrogen-bond acceptors (Lipinski definition) is 3. The molecule has 1 aromatic carbocycles. The van der Waals surface area contributed by atoms with E-state index < -0.39 is 0 Å². The highest BCUT2D eigenvalue weighted by atomic mass is 16.2. The summed E-state index contributed by atoms with van der Waals surface area (Å²) in [4.78, 5) is 12.1. The minimum Gasteiger partial charge on any atom is -0.396 e. The monoisotopic (exact) mass is 278 g/mol. The van der Waals surface area contributed by atoms with Gasteiger partial charge in [0.05, 0.1) is 0 Å². The van der Waals surface area contributed by atoms with Gasteiger partial charge in [0.2, 0.25) is 0 Å². The summed E-state index contributed by atoms with van der Waals surface area (Å²) in [7, 11) is 1.91. The van der Waals surface area contributed by atoms with Crippen LogP contribution in [0.2, 0.25) is 0 Å². The lowest BCUT2D eigenvalue weighted by atomic mass is 10.0. The molecule has 20 heavy (non-hydrogen) atoms. The smallest absolute Gasteiger partial charge is 0.251 e. The summed E-state index contributed by atoms with van der Waals surface area (Å²) in [5, 5.41) is 14.8. The number of rotatable bonds is 10. The van der Waals surface area contributed by atoms with Gasteiger partial charge in [-0.3, -0.25) is 4.79 Å². The van der Waals surface area contributed by atoms with Crippen LogP contribution in [0.4, 0.5) is 0 Å². The predicted molar refractivity (Wildman–Crippen MR) is 82.0 cm³/mol. The zero-order chi connectivity index (χ0) is 14.6. The van der Waals surface area contributed by atoms with Gasteiger partial charge in [-0.25, -0.2) is 0 Å². The van der Waals surface area contributed by atoms with Gasteiger partial charge in [-0.05, 0) is 44.5 Å². The molecule has 0 unspecified atom stereocenters. The van der Waals surface area contributed by atoms with Crippen LogP contribution in [-0.2, 0) is 6.42 Å². The van der Waals surface area contributed by atoms with Gasteiger partial charge >= 0.3 is 0 Å². The number of aliphatic hydroxyl groups is 1. The molecule has 1 amide bonds. The predicted octanol–water partition coefficient (Wildman–Crippen LogP) is 1.73. The van der Waals surface area contributed by atoms with Gasteiger partial charge < -0.3 is 15.7 Å². The molecule has 0 saturated carbocycles. The Balaban J connectivity index is 2.38. The van der Waals surface area contributed by atoms with Crippen molar-refractivity contribution >= 4 is 5.91 Å². The SMILES string of the molecule is CNCCc1ccccc1C(=O)NCCCCCCO. The molecule has 0 spiro atoms. The Hall–Kier alpha value is -1.39. The van der Waals surface area contributed by atoms with Crippen LogP contribution in [0, 0.1) is 0 Å². The molecule has 0 bridgehead atoms. The first kappa shape index (κ1) is 16.7. The molecule has 112 valence electrons. The number of carbonyl (C=O) groups excluding carboxylic acids is 1. The third-order valence-electron chi connectivity index (χ3n) is 3.28. The topological polar surface area (TPSA) is 61.4 Å². The first-order chi connectivity index (χ1) is 9.79. The van der Waals surface area contributed by atoms with Crippen molar-refractivity contribution in [3.8, 4) is 0 Å². The Bertz CT molecular complexity index is 394. The second-order valence-corrected chi connectivity index (χ2v) is 4.90. The van der Waals surface area contributed by atoms with E-state index in [1.165, 1.54) is 0 Å². The summed E-state index contributed by atoms with van der Waals surface area (Å²) < 4.78 is 0. The van der Waals surface area contributed by atoms with E-state index in [0.29, 0.717) is 6.54 Å². The van der Waals surface area contributed by atoms with Crippen LogP contribution < -0.4 is 10.6 Å². The fraction of sp³-hybridized carbons (Fsp3) is 0.562. The summed E-state index contributed by atoms with van der Waals surface area (Å²) in [5.41, 5.74) is 1.86. The van der Waals surface area contributed by atoms with Crippen molar-refractivity contribution in [3.05, 3.63) is 35.4 Å². The Morgan fingerprint density at radius 1 is 1.10 bits per heavy atom. The van der Waals surface area contributed by atoms with Gasteiger partial charge in [0.1, 0.15) is 0 Å². The van der Waals surface area contributed by atoms with Crippen molar-refractivity contribution < 1.29 is 9.90 Å². The van der Waals surface area contributed by atoms with E-state index in [9.17, 15) is 4.79 Å². The maximum absolute atomic E-state index is 12.1. The summed E-state index contributed by atoms with van der Waals surface area (Å²) in [6.07, 6.45) is 4.73. The fourth-order valence-corrected chi connectivity index (χ4v) is 2.11. The van der Waals surface area contributed by atoms with Gasteiger partial charge in [0, 0.05) is 18.7 Å². The maximum atomic E-state index is 12.1. The summed E-state index contributed by atoms with van der Waals surface area (Å²) >= 11 is 0. The van der Waals surface area contributed by atoms with Gasteiger partial charge in [-0.2, -0.15) is 0 Å². The van der Waals surface area contributed by atoms with E-state index in [2.05, 4.69) is 10.6 Å². The highest BCUT2D eigenvalue weighted by molar-refractivity contribution is 5.95. The normalized spacial score (nSPS) is 10.5. The van der Waals surface area contributed by atoms with E-state index in [-0.39, 0.29) is 12.5 Å². The Morgan fingerprint density at radius 2 is 1.85 bits per heavy atom. The third kappa shape index (κ3) is 6.17. The van der Waals surface area contributed by atoms with Crippen LogP contribution in [0.25, 0.3) is 0 Å². The van der Waals surface area contributed by atoms with E-state index in [1.54, 1.807) is 0 Å².